The van der Waals surface area contributed by atoms with Crippen molar-refractivity contribution in [3.05, 3.63) is 35.9 Å². The Balaban J connectivity index is 0.00000288. The largest absolute Gasteiger partial charge is 0.352 e. The second kappa shape index (κ2) is 10.3. The molecule has 6 heteroatoms. The van der Waals surface area contributed by atoms with E-state index in [1.165, 1.54) is 19.3 Å². The molecule has 2 rings (SSSR count). The Morgan fingerprint density at radius 1 is 1.17 bits per heavy atom. The molecule has 0 heterocycles. The van der Waals surface area contributed by atoms with Gasteiger partial charge >= 0.3 is 0 Å². The number of halogens is 1. The summed E-state index contributed by atoms with van der Waals surface area (Å²) in [5.41, 5.74) is 7.05. The Labute approximate surface area is 150 Å². The number of amides is 2. The first-order valence-corrected chi connectivity index (χ1v) is 8.45. The topological polar surface area (TPSA) is 84.2 Å². The molecular weight excluding hydrogens is 326 g/mol. The number of carbonyl (C=O) groups is 2. The van der Waals surface area contributed by atoms with E-state index in [4.69, 9.17) is 5.73 Å². The van der Waals surface area contributed by atoms with Gasteiger partial charge in [0.15, 0.2) is 0 Å². The van der Waals surface area contributed by atoms with Crippen LogP contribution in [0, 0.1) is 5.92 Å². The van der Waals surface area contributed by atoms with Crippen LogP contribution in [0.15, 0.2) is 30.3 Å². The summed E-state index contributed by atoms with van der Waals surface area (Å²) in [6.45, 7) is 1.80. The van der Waals surface area contributed by atoms with Crippen molar-refractivity contribution in [3.8, 4) is 0 Å². The molecule has 1 aliphatic rings. The van der Waals surface area contributed by atoms with E-state index in [2.05, 4.69) is 10.6 Å². The number of hydrogen-bond donors (Lipinski definition) is 3. The van der Waals surface area contributed by atoms with Crippen molar-refractivity contribution in [1.82, 2.24) is 10.6 Å². The van der Waals surface area contributed by atoms with Crippen LogP contribution in [0.1, 0.15) is 50.6 Å². The van der Waals surface area contributed by atoms with E-state index in [0.29, 0.717) is 0 Å². The van der Waals surface area contributed by atoms with Gasteiger partial charge in [-0.25, -0.2) is 0 Å². The highest BCUT2D eigenvalue weighted by molar-refractivity contribution is 5.86. The van der Waals surface area contributed by atoms with E-state index >= 15 is 0 Å². The summed E-state index contributed by atoms with van der Waals surface area (Å²) in [5, 5.41) is 5.68. The van der Waals surface area contributed by atoms with E-state index in [-0.39, 0.29) is 48.8 Å². The van der Waals surface area contributed by atoms with Crippen LogP contribution in [0.5, 0.6) is 0 Å². The van der Waals surface area contributed by atoms with Crippen LogP contribution < -0.4 is 16.4 Å². The van der Waals surface area contributed by atoms with Crippen LogP contribution in [-0.4, -0.2) is 24.4 Å². The molecular formula is C18H28ClN3O2. The van der Waals surface area contributed by atoms with Gasteiger partial charge in [-0.3, -0.25) is 9.59 Å². The third kappa shape index (κ3) is 6.13. The number of nitrogens with two attached hydrogens (primary N) is 1. The predicted octanol–water partition coefficient (Wildman–Crippen LogP) is 2.31. The Kier molecular flexibility index (Phi) is 8.79. The zero-order valence-electron chi connectivity index (χ0n) is 14.2. The Morgan fingerprint density at radius 2 is 1.79 bits per heavy atom. The molecule has 2 amide bonds. The van der Waals surface area contributed by atoms with Crippen LogP contribution in [0.2, 0.25) is 0 Å². The summed E-state index contributed by atoms with van der Waals surface area (Å²) in [6, 6.07) is 9.41. The monoisotopic (exact) mass is 353 g/mol. The fourth-order valence-corrected chi connectivity index (χ4v) is 2.98. The number of carbonyl (C=O) groups excluding carboxylic acids is 2. The molecule has 1 saturated carbocycles. The molecule has 0 aromatic heterocycles. The van der Waals surface area contributed by atoms with Gasteiger partial charge in [-0.15, -0.1) is 12.4 Å². The van der Waals surface area contributed by atoms with E-state index in [1.54, 1.807) is 6.92 Å². The molecule has 0 aliphatic heterocycles. The maximum Gasteiger partial charge on any atom is 0.239 e. The zero-order chi connectivity index (χ0) is 16.7. The molecule has 0 spiro atoms. The summed E-state index contributed by atoms with van der Waals surface area (Å²) < 4.78 is 0. The minimum absolute atomic E-state index is 0. The molecule has 1 aromatic carbocycles. The van der Waals surface area contributed by atoms with Crippen molar-refractivity contribution in [1.29, 1.82) is 0 Å². The second-order valence-electron chi connectivity index (χ2n) is 6.35. The molecule has 5 nitrogen and oxygen atoms in total. The van der Waals surface area contributed by atoms with Crippen molar-refractivity contribution in [2.75, 3.05) is 6.54 Å². The first-order chi connectivity index (χ1) is 11.1. The molecule has 1 aliphatic carbocycles. The lowest BCUT2D eigenvalue weighted by Crippen LogP contribution is -2.44. The molecule has 134 valence electrons. The van der Waals surface area contributed by atoms with Crippen molar-refractivity contribution in [3.63, 3.8) is 0 Å². The summed E-state index contributed by atoms with van der Waals surface area (Å²) in [5.74, 6) is -0.703. The van der Waals surface area contributed by atoms with Gasteiger partial charge in [-0.05, 0) is 18.4 Å². The quantitative estimate of drug-likeness (QED) is 0.733. The lowest BCUT2D eigenvalue weighted by atomic mass is 9.94. The van der Waals surface area contributed by atoms with Gasteiger partial charge in [-0.1, -0.05) is 56.5 Å². The summed E-state index contributed by atoms with van der Waals surface area (Å²) in [4.78, 5) is 24.1. The van der Waals surface area contributed by atoms with E-state index in [0.717, 1.165) is 18.4 Å². The Morgan fingerprint density at radius 3 is 2.42 bits per heavy atom. The molecule has 2 unspecified atom stereocenters. The van der Waals surface area contributed by atoms with E-state index in [9.17, 15) is 9.59 Å². The highest BCUT2D eigenvalue weighted by atomic mass is 35.5. The minimum atomic E-state index is -0.389. The number of benzene rings is 1. The second-order valence-corrected chi connectivity index (χ2v) is 6.35. The third-order valence-electron chi connectivity index (χ3n) is 4.53. The van der Waals surface area contributed by atoms with Gasteiger partial charge < -0.3 is 16.4 Å². The first kappa shape index (κ1) is 20.5. The van der Waals surface area contributed by atoms with Gasteiger partial charge in [0.05, 0.1) is 12.5 Å². The van der Waals surface area contributed by atoms with Crippen LogP contribution in [-0.2, 0) is 9.59 Å². The zero-order valence-corrected chi connectivity index (χ0v) is 15.0. The van der Waals surface area contributed by atoms with Crippen LogP contribution in [0.4, 0.5) is 0 Å². The van der Waals surface area contributed by atoms with Crippen LogP contribution in [0.3, 0.4) is 0 Å². The first-order valence-electron chi connectivity index (χ1n) is 8.45. The lowest BCUT2D eigenvalue weighted by molar-refractivity contribution is -0.129. The van der Waals surface area contributed by atoms with Crippen molar-refractivity contribution < 1.29 is 9.59 Å². The molecule has 1 aromatic rings. The average Bonchev–Trinajstić information content (AvgIpc) is 2.60. The Bertz CT molecular complexity index is 518. The SMILES string of the molecule is CC(C(=O)NCC(=O)NC1CCCCC1)C(N)c1ccccc1.Cl. The highest BCUT2D eigenvalue weighted by Gasteiger charge is 2.23. The standard InChI is InChI=1S/C18H27N3O2.ClH/c1-13(17(19)14-8-4-2-5-9-14)18(23)20-12-16(22)21-15-10-6-3-7-11-15;/h2,4-5,8-9,13,15,17H,3,6-7,10-12,19H2,1H3,(H,20,23)(H,21,22);1H. The van der Waals surface area contributed by atoms with Gasteiger partial charge in [0.25, 0.3) is 0 Å². The maximum absolute atomic E-state index is 12.2. The molecule has 0 radical (unpaired) electrons. The lowest BCUT2D eigenvalue weighted by Gasteiger charge is -2.23. The number of rotatable bonds is 6. The van der Waals surface area contributed by atoms with Crippen LogP contribution in [0.25, 0.3) is 0 Å². The highest BCUT2D eigenvalue weighted by Crippen LogP contribution is 2.19. The van der Waals surface area contributed by atoms with Gasteiger partial charge in [0, 0.05) is 12.1 Å². The summed E-state index contributed by atoms with van der Waals surface area (Å²) in [6.07, 6.45) is 5.66. The van der Waals surface area contributed by atoms with Gasteiger partial charge in [0.1, 0.15) is 0 Å². The van der Waals surface area contributed by atoms with Gasteiger partial charge in [0.2, 0.25) is 11.8 Å². The fourth-order valence-electron chi connectivity index (χ4n) is 2.98. The molecule has 0 saturated heterocycles. The molecule has 4 N–H and O–H groups in total. The van der Waals surface area contributed by atoms with Crippen LogP contribution >= 0.6 is 12.4 Å². The van der Waals surface area contributed by atoms with Crippen molar-refractivity contribution in [2.45, 2.75) is 51.1 Å². The van der Waals surface area contributed by atoms with Crippen molar-refractivity contribution >= 4 is 24.2 Å². The average molecular weight is 354 g/mol. The molecule has 0 bridgehead atoms. The number of nitrogens with one attached hydrogen (secondary N) is 2. The normalized spacial score (nSPS) is 17.2. The van der Waals surface area contributed by atoms with E-state index in [1.807, 2.05) is 30.3 Å². The fraction of sp³-hybridized carbons (Fsp3) is 0.556. The van der Waals surface area contributed by atoms with Gasteiger partial charge in [-0.2, -0.15) is 0 Å². The summed E-state index contributed by atoms with van der Waals surface area (Å²) in [7, 11) is 0. The Hall–Kier alpha value is -1.59. The third-order valence-corrected chi connectivity index (χ3v) is 4.53. The molecule has 24 heavy (non-hydrogen) atoms. The number of hydrogen-bond acceptors (Lipinski definition) is 3. The predicted molar refractivity (Wildman–Crippen MR) is 97.8 cm³/mol. The molecule has 2 atom stereocenters. The molecule has 1 fully saturated rings. The van der Waals surface area contributed by atoms with Crippen molar-refractivity contribution in [2.24, 2.45) is 11.7 Å². The minimum Gasteiger partial charge on any atom is -0.352 e. The van der Waals surface area contributed by atoms with E-state index < -0.39 is 0 Å². The smallest absolute Gasteiger partial charge is 0.239 e. The summed E-state index contributed by atoms with van der Waals surface area (Å²) >= 11 is 0. The maximum atomic E-state index is 12.2.